The van der Waals surface area contributed by atoms with Crippen LogP contribution in [0, 0.1) is 12.8 Å². The smallest absolute Gasteiger partial charge is 0.322 e. The minimum Gasteiger partial charge on any atom is -0.480 e. The van der Waals surface area contributed by atoms with Crippen molar-refractivity contribution in [2.45, 2.75) is 62.5 Å². The van der Waals surface area contributed by atoms with Gasteiger partial charge in [0, 0.05) is 47.7 Å². The van der Waals surface area contributed by atoms with E-state index in [2.05, 4.69) is 20.5 Å². The highest BCUT2D eigenvalue weighted by Gasteiger charge is 2.37. The molecule has 4 unspecified atom stereocenters. The van der Waals surface area contributed by atoms with Gasteiger partial charge in [0.15, 0.2) is 5.78 Å². The van der Waals surface area contributed by atoms with Gasteiger partial charge in [-0.15, -0.1) is 11.8 Å². The van der Waals surface area contributed by atoms with Crippen molar-refractivity contribution in [1.29, 1.82) is 0 Å². The number of carbonyl (C=O) groups is 5. The number of aliphatic hydroxyl groups excluding tert-OH is 1. The number of aromatic nitrogens is 2. The number of thioether (sulfide) groups is 1. The number of aryl methyl sites for hydroxylation is 1. The molecule has 2 aromatic rings. The van der Waals surface area contributed by atoms with Gasteiger partial charge < -0.3 is 36.6 Å². The number of aliphatic hydroxyl groups is 1. The molecular weight excluding hydrogens is 675 g/mol. The van der Waals surface area contributed by atoms with E-state index in [1.807, 2.05) is 13.0 Å². The van der Waals surface area contributed by atoms with Crippen molar-refractivity contribution in [2.75, 3.05) is 31.9 Å². The van der Waals surface area contributed by atoms with E-state index in [0.717, 1.165) is 17.8 Å². The Labute approximate surface area is 290 Å². The number of nitrogens with two attached hydrogens (primary N) is 1. The minimum absolute atomic E-state index is 0.0202. The molecule has 2 aromatic heterocycles. The van der Waals surface area contributed by atoms with Gasteiger partial charge in [0.2, 0.25) is 11.8 Å². The molecule has 0 aromatic carbocycles. The summed E-state index contributed by atoms with van der Waals surface area (Å²) >= 11 is 0.762. The lowest BCUT2D eigenvalue weighted by molar-refractivity contribution is -0.139. The van der Waals surface area contributed by atoms with Crippen molar-refractivity contribution < 1.29 is 43.7 Å². The number of Topliss-reactive ketones (excluding diaryl/α,β-unsaturated/α-hetero) is 1. The number of fused-ring (bicyclic) bond motifs is 1. The molecule has 270 valence electrons. The molecule has 50 heavy (non-hydrogen) atoms. The molecule has 15 nitrogen and oxygen atoms in total. The molecule has 0 bridgehead atoms. The molecule has 2 amide bonds. The summed E-state index contributed by atoms with van der Waals surface area (Å²) in [4.78, 5) is 80.3. The van der Waals surface area contributed by atoms with Crippen molar-refractivity contribution in [2.24, 2.45) is 11.7 Å². The Morgan fingerprint density at radius 3 is 2.54 bits per heavy atom. The highest BCUT2D eigenvalue weighted by Crippen LogP contribution is 2.34. The number of carboxylic acids is 2. The van der Waals surface area contributed by atoms with Crippen LogP contribution < -0.4 is 21.9 Å². The van der Waals surface area contributed by atoms with E-state index in [4.69, 9.17) is 15.9 Å². The van der Waals surface area contributed by atoms with Crippen LogP contribution >= 0.6 is 11.8 Å². The lowest BCUT2D eigenvalue weighted by Gasteiger charge is -2.33. The van der Waals surface area contributed by atoms with Crippen LogP contribution in [0.2, 0.25) is 0 Å². The van der Waals surface area contributed by atoms with Gasteiger partial charge in [0.25, 0.3) is 5.56 Å². The van der Waals surface area contributed by atoms with Crippen LogP contribution in [-0.2, 0) is 30.4 Å². The Morgan fingerprint density at radius 2 is 1.86 bits per heavy atom. The van der Waals surface area contributed by atoms with Crippen molar-refractivity contribution >= 4 is 46.9 Å². The monoisotopic (exact) mass is 716 g/mol. The van der Waals surface area contributed by atoms with Gasteiger partial charge in [-0.25, -0.2) is 9.37 Å². The quantitative estimate of drug-likeness (QED) is 0.134. The summed E-state index contributed by atoms with van der Waals surface area (Å²) in [6, 6.07) is 2.68. The normalized spacial score (nSPS) is 19.6. The largest absolute Gasteiger partial charge is 0.480 e. The van der Waals surface area contributed by atoms with Gasteiger partial charge in [-0.2, -0.15) is 0 Å². The summed E-state index contributed by atoms with van der Waals surface area (Å²) in [5, 5.41) is 32.2. The number of allylic oxidation sites excluding steroid dienone is 2. The second-order valence-electron chi connectivity index (χ2n) is 12.2. The Kier molecular flexibility index (Phi) is 13.4. The second-order valence-corrected chi connectivity index (χ2v) is 13.4. The molecule has 4 rings (SSSR count). The van der Waals surface area contributed by atoms with Crippen LogP contribution in [0.5, 0.6) is 0 Å². The van der Waals surface area contributed by atoms with E-state index in [0.29, 0.717) is 55.8 Å². The van der Waals surface area contributed by atoms with Crippen LogP contribution in [0.15, 0.2) is 52.7 Å². The highest BCUT2D eigenvalue weighted by molar-refractivity contribution is 8.00. The average Bonchev–Trinajstić information content (AvgIpc) is 3.08. The molecule has 2 aliphatic rings. The third kappa shape index (κ3) is 9.83. The molecule has 1 fully saturated rings. The predicted octanol–water partition coefficient (Wildman–Crippen LogP) is -0.0397. The first-order valence-electron chi connectivity index (χ1n) is 16.1. The molecule has 0 saturated carbocycles. The van der Waals surface area contributed by atoms with Gasteiger partial charge in [-0.3, -0.25) is 33.2 Å². The van der Waals surface area contributed by atoms with E-state index in [-0.39, 0.29) is 35.5 Å². The summed E-state index contributed by atoms with van der Waals surface area (Å²) in [6.45, 7) is 2.81. The molecule has 0 spiro atoms. The zero-order valence-electron chi connectivity index (χ0n) is 27.4. The number of pyridine rings is 1. The van der Waals surface area contributed by atoms with Crippen LogP contribution in [0.25, 0.3) is 5.65 Å². The summed E-state index contributed by atoms with van der Waals surface area (Å²) in [7, 11) is 0. The topological polar surface area (TPSA) is 234 Å². The zero-order valence-corrected chi connectivity index (χ0v) is 28.2. The first-order valence-corrected chi connectivity index (χ1v) is 17.2. The Morgan fingerprint density at radius 1 is 1.14 bits per heavy atom. The summed E-state index contributed by atoms with van der Waals surface area (Å²) in [6.07, 6.45) is 3.35. The number of amides is 2. The highest BCUT2D eigenvalue weighted by atomic mass is 32.2. The maximum atomic E-state index is 15.0. The van der Waals surface area contributed by atoms with Gasteiger partial charge in [-0.1, -0.05) is 12.1 Å². The third-order valence-electron chi connectivity index (χ3n) is 8.76. The molecule has 1 aliphatic carbocycles. The number of nitrogens with zero attached hydrogens (tertiary/aromatic N) is 3. The number of piperidine rings is 1. The fourth-order valence-corrected chi connectivity index (χ4v) is 7.07. The predicted molar refractivity (Wildman–Crippen MR) is 181 cm³/mol. The third-order valence-corrected chi connectivity index (χ3v) is 10.1. The Hall–Kier alpha value is -4.45. The number of rotatable bonds is 16. The van der Waals surface area contributed by atoms with Crippen LogP contribution in [0.4, 0.5) is 4.39 Å². The first-order chi connectivity index (χ1) is 23.8. The van der Waals surface area contributed by atoms with Crippen molar-refractivity contribution in [3.63, 3.8) is 0 Å². The van der Waals surface area contributed by atoms with E-state index < -0.39 is 65.5 Å². The number of ketones is 1. The Bertz CT molecular complexity index is 1740. The second kappa shape index (κ2) is 17.5. The molecule has 4 atom stereocenters. The van der Waals surface area contributed by atoms with Gasteiger partial charge in [-0.05, 0) is 63.9 Å². The Balaban J connectivity index is 1.33. The summed E-state index contributed by atoms with van der Waals surface area (Å²) < 4.78 is 16.5. The lowest BCUT2D eigenvalue weighted by Crippen LogP contribution is -2.50. The molecule has 1 saturated heterocycles. The number of nitrogens with one attached hydrogen (secondary N) is 2. The number of likely N-dealkylation sites (tertiary alicyclic amines) is 1. The standard InChI is InChI=1S/C33H41FN6O9S/c1-18-20(32(47)40-12-3-2-4-25(40)37-18)11-15-39-13-9-19(10-14-39)28(44)21-5-6-22(34)30(29(21)45)50-17-24(31(46)36-16-27(42)43)38-26(41)8-7-23(35)33(48)49/h2-6,12,19,23-24,29-30,45H,7-11,13-17,35H2,1H3,(H,36,46)(H,38,41)(H,42,43)(H,48,49). The van der Waals surface area contributed by atoms with E-state index >= 15 is 4.39 Å². The first kappa shape index (κ1) is 38.4. The SMILES string of the molecule is Cc1nc2ccccn2c(=O)c1CCN1CCC(C(=O)C2=CC=C(F)C(SCC(NC(=O)CCC(N)C(=O)O)C(=O)NCC(=O)O)C2O)CC1. The van der Waals surface area contributed by atoms with Crippen molar-refractivity contribution in [3.05, 3.63) is 69.6 Å². The van der Waals surface area contributed by atoms with E-state index in [1.54, 1.807) is 18.3 Å². The summed E-state index contributed by atoms with van der Waals surface area (Å²) in [5.41, 5.74) is 7.22. The van der Waals surface area contributed by atoms with Crippen LogP contribution in [0.3, 0.4) is 0 Å². The van der Waals surface area contributed by atoms with Gasteiger partial charge >= 0.3 is 11.9 Å². The van der Waals surface area contributed by atoms with Crippen LogP contribution in [-0.4, -0.2) is 115 Å². The zero-order chi connectivity index (χ0) is 36.5. The van der Waals surface area contributed by atoms with Crippen LogP contribution in [0.1, 0.15) is 36.9 Å². The lowest BCUT2D eigenvalue weighted by atomic mass is 9.84. The number of aliphatic carboxylic acids is 2. The van der Waals surface area contributed by atoms with E-state index in [9.17, 15) is 33.9 Å². The molecular formula is C33H41FN6O9S. The minimum atomic E-state index is -1.56. The number of hydrogen-bond acceptors (Lipinski definition) is 11. The van der Waals surface area contributed by atoms with Gasteiger partial charge in [0.05, 0.1) is 5.25 Å². The fraction of sp³-hybridized carbons (Fsp3) is 0.485. The number of hydrogen-bond donors (Lipinski definition) is 6. The number of carbonyl (C=O) groups excluding carboxylic acids is 3. The molecule has 3 heterocycles. The van der Waals surface area contributed by atoms with Crippen molar-refractivity contribution in [1.82, 2.24) is 24.9 Å². The molecule has 7 N–H and O–H groups in total. The number of carboxylic acid groups (broad SMARTS) is 2. The van der Waals surface area contributed by atoms with Gasteiger partial charge in [0.1, 0.15) is 36.2 Å². The van der Waals surface area contributed by atoms with Crippen molar-refractivity contribution in [3.8, 4) is 0 Å². The molecule has 17 heteroatoms. The maximum Gasteiger partial charge on any atom is 0.322 e. The maximum absolute atomic E-state index is 15.0. The average molecular weight is 717 g/mol. The fourth-order valence-electron chi connectivity index (χ4n) is 5.87. The summed E-state index contributed by atoms with van der Waals surface area (Å²) in [5.74, 6) is -6.09. The molecule has 0 radical (unpaired) electrons. The number of halogens is 1. The molecule has 1 aliphatic heterocycles. The van der Waals surface area contributed by atoms with E-state index in [1.165, 1.54) is 10.5 Å².